The fraction of sp³-hybridized carbons (Fsp3) is 0.250. The SMILES string of the molecule is CCOC(/C=C\CCC=P(c1ccccc1)(c1ccccc1)c1ccccc1)OCC. The number of allylic oxidation sites excluding steroid dienone is 1. The molecule has 0 saturated heterocycles. The van der Waals surface area contributed by atoms with E-state index in [1.54, 1.807) is 0 Å². The highest BCUT2D eigenvalue weighted by Crippen LogP contribution is 2.44. The number of ether oxygens (including phenoxy) is 2. The molecule has 31 heavy (non-hydrogen) atoms. The van der Waals surface area contributed by atoms with Gasteiger partial charge in [0.05, 0.1) is 0 Å². The summed E-state index contributed by atoms with van der Waals surface area (Å²) in [6.45, 7) is 3.41. The number of hydrogen-bond donors (Lipinski definition) is 0. The van der Waals surface area contributed by atoms with E-state index in [1.165, 1.54) is 15.9 Å². The maximum absolute atomic E-state index is 5.63. The Balaban J connectivity index is 2.00. The molecular weight excluding hydrogens is 399 g/mol. The zero-order valence-corrected chi connectivity index (χ0v) is 19.5. The Kier molecular flexibility index (Phi) is 9.37. The van der Waals surface area contributed by atoms with Crippen LogP contribution in [0.2, 0.25) is 0 Å². The van der Waals surface area contributed by atoms with E-state index in [1.807, 2.05) is 19.9 Å². The Morgan fingerprint density at radius 3 is 1.45 bits per heavy atom. The fourth-order valence-electron chi connectivity index (χ4n) is 3.81. The van der Waals surface area contributed by atoms with E-state index in [-0.39, 0.29) is 6.29 Å². The van der Waals surface area contributed by atoms with Crippen LogP contribution in [-0.4, -0.2) is 25.3 Å². The fourth-order valence-corrected chi connectivity index (χ4v) is 7.80. The molecule has 3 rings (SSSR count). The van der Waals surface area contributed by atoms with Crippen LogP contribution in [0.5, 0.6) is 0 Å². The molecule has 0 aliphatic rings. The van der Waals surface area contributed by atoms with E-state index in [2.05, 4.69) is 103 Å². The lowest BCUT2D eigenvalue weighted by Gasteiger charge is -2.29. The maximum Gasteiger partial charge on any atom is 0.176 e. The lowest BCUT2D eigenvalue weighted by molar-refractivity contribution is -0.104. The number of benzene rings is 3. The maximum atomic E-state index is 5.63. The van der Waals surface area contributed by atoms with E-state index >= 15 is 0 Å². The Morgan fingerprint density at radius 2 is 1.06 bits per heavy atom. The first-order chi connectivity index (χ1) is 15.3. The molecule has 0 aliphatic carbocycles. The predicted molar refractivity (Wildman–Crippen MR) is 137 cm³/mol. The van der Waals surface area contributed by atoms with Gasteiger partial charge in [-0.05, 0) is 55.6 Å². The Labute approximate surface area is 187 Å². The van der Waals surface area contributed by atoms with Crippen LogP contribution in [0.25, 0.3) is 0 Å². The van der Waals surface area contributed by atoms with Gasteiger partial charge in [0.25, 0.3) is 0 Å². The first-order valence-electron chi connectivity index (χ1n) is 11.1. The van der Waals surface area contributed by atoms with Crippen molar-refractivity contribution >= 4 is 28.6 Å². The van der Waals surface area contributed by atoms with E-state index < -0.39 is 6.89 Å². The van der Waals surface area contributed by atoms with Gasteiger partial charge >= 0.3 is 0 Å². The topological polar surface area (TPSA) is 18.5 Å². The Morgan fingerprint density at radius 1 is 0.645 bits per heavy atom. The summed E-state index contributed by atoms with van der Waals surface area (Å²) in [4.78, 5) is 0. The minimum atomic E-state index is -1.86. The third-order valence-corrected chi connectivity index (χ3v) is 9.33. The molecule has 0 saturated carbocycles. The van der Waals surface area contributed by atoms with Crippen LogP contribution in [0.15, 0.2) is 103 Å². The van der Waals surface area contributed by atoms with Crippen LogP contribution in [0, 0.1) is 0 Å². The number of rotatable bonds is 11. The summed E-state index contributed by atoms with van der Waals surface area (Å²) < 4.78 is 11.3. The molecule has 0 radical (unpaired) electrons. The molecule has 0 bridgehead atoms. The first-order valence-corrected chi connectivity index (χ1v) is 13.0. The average Bonchev–Trinajstić information content (AvgIpc) is 2.83. The number of unbranched alkanes of at least 4 members (excludes halogenated alkanes) is 1. The van der Waals surface area contributed by atoms with E-state index in [4.69, 9.17) is 9.47 Å². The van der Waals surface area contributed by atoms with Crippen molar-refractivity contribution in [2.75, 3.05) is 13.2 Å². The highest BCUT2D eigenvalue weighted by atomic mass is 31.2. The minimum absolute atomic E-state index is 0.257. The van der Waals surface area contributed by atoms with Crippen LogP contribution in [0.3, 0.4) is 0 Å². The lowest BCUT2D eigenvalue weighted by atomic mass is 10.3. The molecule has 0 N–H and O–H groups in total. The standard InChI is InChI=1S/C28H33O2P/c1-3-29-28(30-4-2)23-15-8-16-24-31(25-17-9-5-10-18-25,26-19-11-6-12-20-26)27-21-13-7-14-22-27/h5-7,9-15,17-24,28H,3-4,8,16H2,1-2H3/b23-15-. The van der Waals surface area contributed by atoms with E-state index in [9.17, 15) is 0 Å². The molecule has 0 heterocycles. The van der Waals surface area contributed by atoms with Gasteiger partial charge in [0, 0.05) is 13.2 Å². The third kappa shape index (κ3) is 6.08. The first kappa shape index (κ1) is 23.3. The monoisotopic (exact) mass is 432 g/mol. The van der Waals surface area contributed by atoms with Crippen molar-refractivity contribution in [3.05, 3.63) is 103 Å². The second-order valence-electron chi connectivity index (χ2n) is 7.20. The molecule has 3 heteroatoms. The van der Waals surface area contributed by atoms with Gasteiger partial charge in [0.1, 0.15) is 0 Å². The second-order valence-corrected chi connectivity index (χ2v) is 10.6. The van der Waals surface area contributed by atoms with Crippen molar-refractivity contribution in [2.24, 2.45) is 0 Å². The summed E-state index contributed by atoms with van der Waals surface area (Å²) in [5.74, 6) is 2.56. The highest BCUT2D eigenvalue weighted by Gasteiger charge is 2.24. The summed E-state index contributed by atoms with van der Waals surface area (Å²) in [6.07, 6.45) is 5.89. The van der Waals surface area contributed by atoms with E-state index in [0.717, 1.165) is 12.8 Å². The van der Waals surface area contributed by atoms with E-state index in [0.29, 0.717) is 13.2 Å². The van der Waals surface area contributed by atoms with Gasteiger partial charge in [0.15, 0.2) is 6.29 Å². The Bertz CT molecular complexity index is 856. The molecule has 3 aromatic carbocycles. The van der Waals surface area contributed by atoms with Crippen LogP contribution in [-0.2, 0) is 9.47 Å². The van der Waals surface area contributed by atoms with Crippen LogP contribution in [0.4, 0.5) is 0 Å². The van der Waals surface area contributed by atoms with Gasteiger partial charge in [-0.25, -0.2) is 0 Å². The quantitative estimate of drug-likeness (QED) is 0.172. The average molecular weight is 433 g/mol. The zero-order valence-electron chi connectivity index (χ0n) is 18.6. The third-order valence-electron chi connectivity index (χ3n) is 5.18. The molecule has 162 valence electrons. The second kappa shape index (κ2) is 12.5. The van der Waals surface area contributed by atoms with Crippen molar-refractivity contribution in [3.63, 3.8) is 0 Å². The molecule has 3 aromatic rings. The number of hydrogen-bond acceptors (Lipinski definition) is 2. The summed E-state index contributed by atoms with van der Waals surface area (Å²) in [7, 11) is 0. The van der Waals surface area contributed by atoms with Gasteiger partial charge in [-0.15, -0.1) is 0 Å². The zero-order chi connectivity index (χ0) is 21.8. The molecule has 0 unspecified atom stereocenters. The summed E-state index contributed by atoms with van der Waals surface area (Å²) in [5, 5.41) is 4.16. The van der Waals surface area contributed by atoms with Crippen molar-refractivity contribution in [2.45, 2.75) is 33.0 Å². The van der Waals surface area contributed by atoms with Gasteiger partial charge in [-0.2, -0.15) is 0 Å². The molecule has 0 amide bonds. The Hall–Kier alpha value is -2.38. The van der Waals surface area contributed by atoms with Crippen molar-refractivity contribution < 1.29 is 9.47 Å². The van der Waals surface area contributed by atoms with Crippen LogP contribution < -0.4 is 15.9 Å². The lowest BCUT2D eigenvalue weighted by Crippen LogP contribution is -2.26. The van der Waals surface area contributed by atoms with Crippen molar-refractivity contribution in [3.8, 4) is 0 Å². The molecule has 2 nitrogen and oxygen atoms in total. The van der Waals surface area contributed by atoms with Gasteiger partial charge in [-0.1, -0.05) is 103 Å². The normalized spacial score (nSPS) is 11.8. The van der Waals surface area contributed by atoms with Crippen LogP contribution in [0.1, 0.15) is 26.7 Å². The largest absolute Gasteiger partial charge is 0.349 e. The molecule has 0 fully saturated rings. The summed E-state index contributed by atoms with van der Waals surface area (Å²) >= 11 is 0. The van der Waals surface area contributed by atoms with Crippen molar-refractivity contribution in [1.29, 1.82) is 0 Å². The smallest absolute Gasteiger partial charge is 0.176 e. The molecule has 0 atom stereocenters. The molecular formula is C28H33O2P. The summed E-state index contributed by atoms with van der Waals surface area (Å²) in [6, 6.07) is 32.9. The van der Waals surface area contributed by atoms with Gasteiger partial charge in [0.2, 0.25) is 0 Å². The van der Waals surface area contributed by atoms with Gasteiger partial charge in [-0.3, -0.25) is 0 Å². The van der Waals surface area contributed by atoms with Crippen molar-refractivity contribution in [1.82, 2.24) is 0 Å². The summed E-state index contributed by atoms with van der Waals surface area (Å²) in [5.41, 5.74) is 0. The predicted octanol–water partition coefficient (Wildman–Crippen LogP) is 5.52. The van der Waals surface area contributed by atoms with Crippen LogP contribution >= 0.6 is 6.89 Å². The molecule has 0 spiro atoms. The highest BCUT2D eigenvalue weighted by molar-refractivity contribution is 7.94. The van der Waals surface area contributed by atoms with Gasteiger partial charge < -0.3 is 9.47 Å². The molecule has 0 aromatic heterocycles. The molecule has 0 aliphatic heterocycles. The minimum Gasteiger partial charge on any atom is -0.349 e.